The molecule has 1 heterocycles. The molecule has 0 N–H and O–H groups in total. The zero-order valence-corrected chi connectivity index (χ0v) is 6.19. The number of pyridine rings is 1. The van der Waals surface area contributed by atoms with E-state index in [1.165, 1.54) is 6.07 Å². The van der Waals surface area contributed by atoms with Crippen LogP contribution in [0.3, 0.4) is 0 Å². The van der Waals surface area contributed by atoms with E-state index >= 15 is 0 Å². The van der Waals surface area contributed by atoms with Crippen molar-refractivity contribution in [1.82, 2.24) is 0 Å². The van der Waals surface area contributed by atoms with E-state index in [9.17, 15) is 15.3 Å². The molecule has 0 spiro atoms. The van der Waals surface area contributed by atoms with Crippen molar-refractivity contribution < 1.29 is 9.65 Å². The summed E-state index contributed by atoms with van der Waals surface area (Å²) in [4.78, 5) is 11.8. The van der Waals surface area contributed by atoms with Gasteiger partial charge in [0.15, 0.2) is 0 Å². The van der Waals surface area contributed by atoms with Gasteiger partial charge in [0, 0.05) is 11.6 Å². The zero-order chi connectivity index (χ0) is 9.84. The molecule has 0 aromatic carbocycles. The van der Waals surface area contributed by atoms with Crippen LogP contribution in [0.5, 0.6) is 0 Å². The lowest BCUT2D eigenvalue weighted by molar-refractivity contribution is -0.595. The van der Waals surface area contributed by atoms with Crippen LogP contribution in [0.1, 0.15) is 0 Å². The molecule has 0 fully saturated rings. The number of nitrogens with zero attached hydrogens (tertiary/aromatic N) is 5. The van der Waals surface area contributed by atoms with Crippen molar-refractivity contribution in [3.8, 4) is 0 Å². The van der Waals surface area contributed by atoms with Gasteiger partial charge in [0.05, 0.1) is 11.1 Å². The van der Waals surface area contributed by atoms with Gasteiger partial charge in [-0.05, 0) is 6.07 Å². The molecule has 1 rings (SSSR count). The van der Waals surface area contributed by atoms with E-state index < -0.39 is 16.4 Å². The van der Waals surface area contributed by atoms with Crippen molar-refractivity contribution in [2.45, 2.75) is 0 Å². The summed E-state index contributed by atoms with van der Waals surface area (Å²) < 4.78 is 0.137. The van der Waals surface area contributed by atoms with E-state index in [0.717, 1.165) is 12.3 Å². The van der Waals surface area contributed by atoms with E-state index in [4.69, 9.17) is 5.53 Å². The van der Waals surface area contributed by atoms with Crippen molar-refractivity contribution >= 4 is 11.5 Å². The Labute approximate surface area is 71.4 Å². The Kier molecular flexibility index (Phi) is 2.27. The summed E-state index contributed by atoms with van der Waals surface area (Å²) in [6.45, 7) is 0. The standard InChI is InChI=1S/C5H3N5O3/c6-8-7-5-4(10(12)13)2-1-3-9(5)11/h1-3H. The molecule has 0 aliphatic rings. The first-order chi connectivity index (χ1) is 6.16. The molecule has 8 nitrogen and oxygen atoms in total. The predicted molar refractivity (Wildman–Crippen MR) is 40.9 cm³/mol. The summed E-state index contributed by atoms with van der Waals surface area (Å²) in [5.41, 5.74) is 7.52. The molecule has 0 radical (unpaired) electrons. The predicted octanol–water partition coefficient (Wildman–Crippen LogP) is 1.17. The molecule has 0 atom stereocenters. The van der Waals surface area contributed by atoms with Crippen molar-refractivity contribution in [2.75, 3.05) is 0 Å². The largest absolute Gasteiger partial charge is 0.710 e. The molecule has 0 aliphatic carbocycles. The number of azide groups is 1. The summed E-state index contributed by atoms with van der Waals surface area (Å²) in [5.74, 6) is -0.560. The minimum Gasteiger partial charge on any atom is -0.710 e. The Bertz CT molecular complexity index is 397. The third-order valence-electron chi connectivity index (χ3n) is 1.25. The van der Waals surface area contributed by atoms with Gasteiger partial charge in [-0.3, -0.25) is 10.1 Å². The Hall–Kier alpha value is -2.34. The molecule has 0 amide bonds. The summed E-state index contributed by atoms with van der Waals surface area (Å²) in [7, 11) is 0. The average Bonchev–Trinajstić information content (AvgIpc) is 2.08. The first-order valence-corrected chi connectivity index (χ1v) is 3.08. The maximum atomic E-state index is 10.9. The number of hydrogen-bond acceptors (Lipinski definition) is 4. The van der Waals surface area contributed by atoms with Gasteiger partial charge in [-0.25, -0.2) is 4.73 Å². The van der Waals surface area contributed by atoms with Crippen LogP contribution in [-0.2, 0) is 0 Å². The smallest absolute Gasteiger partial charge is 0.497 e. The van der Waals surface area contributed by atoms with E-state index in [-0.39, 0.29) is 4.73 Å². The maximum Gasteiger partial charge on any atom is 0.497 e. The molecule has 1 aromatic heterocycles. The van der Waals surface area contributed by atoms with Crippen LogP contribution in [0.2, 0.25) is 0 Å². The second kappa shape index (κ2) is 3.37. The van der Waals surface area contributed by atoms with Crippen molar-refractivity contribution in [3.05, 3.63) is 44.1 Å². The van der Waals surface area contributed by atoms with Crippen LogP contribution >= 0.6 is 0 Å². The average molecular weight is 181 g/mol. The van der Waals surface area contributed by atoms with Gasteiger partial charge in [0.1, 0.15) is 0 Å². The first-order valence-electron chi connectivity index (χ1n) is 3.08. The van der Waals surface area contributed by atoms with Crippen LogP contribution in [0, 0.1) is 15.3 Å². The Balaban J connectivity index is 3.42. The Morgan fingerprint density at radius 3 is 2.92 bits per heavy atom. The van der Waals surface area contributed by atoms with Crippen molar-refractivity contribution in [2.24, 2.45) is 5.11 Å². The molecule has 0 bridgehead atoms. The maximum absolute atomic E-state index is 10.9. The van der Waals surface area contributed by atoms with Crippen LogP contribution in [-0.4, -0.2) is 4.92 Å². The second-order valence-corrected chi connectivity index (χ2v) is 1.99. The van der Waals surface area contributed by atoms with E-state index in [2.05, 4.69) is 10.0 Å². The van der Waals surface area contributed by atoms with E-state index in [1.807, 2.05) is 0 Å². The van der Waals surface area contributed by atoms with Gasteiger partial charge in [0.25, 0.3) is 0 Å². The van der Waals surface area contributed by atoms with Gasteiger partial charge in [-0.2, -0.15) is 0 Å². The van der Waals surface area contributed by atoms with Crippen molar-refractivity contribution in [1.29, 1.82) is 0 Å². The van der Waals surface area contributed by atoms with Gasteiger partial charge in [0.2, 0.25) is 4.91 Å². The molecule has 0 saturated heterocycles. The topological polar surface area (TPSA) is 119 Å². The fraction of sp³-hybridized carbons (Fsp3) is 0. The summed E-state index contributed by atoms with van der Waals surface area (Å²) in [6, 6.07) is 2.28. The Morgan fingerprint density at radius 2 is 2.38 bits per heavy atom. The van der Waals surface area contributed by atoms with Crippen molar-refractivity contribution in [3.63, 3.8) is 0 Å². The van der Waals surface area contributed by atoms with Gasteiger partial charge in [-0.1, -0.05) is 0 Å². The van der Waals surface area contributed by atoms with Crippen LogP contribution in [0.15, 0.2) is 23.4 Å². The monoisotopic (exact) mass is 181 g/mol. The fourth-order valence-electron chi connectivity index (χ4n) is 0.751. The number of nitro groups is 1. The highest BCUT2D eigenvalue weighted by Crippen LogP contribution is 2.21. The third kappa shape index (κ3) is 1.63. The second-order valence-electron chi connectivity index (χ2n) is 1.99. The lowest BCUT2D eigenvalue weighted by atomic mass is 10.4. The first kappa shape index (κ1) is 8.75. The number of aromatic nitrogens is 1. The van der Waals surface area contributed by atoms with Crippen LogP contribution < -0.4 is 4.73 Å². The van der Waals surface area contributed by atoms with Gasteiger partial charge < -0.3 is 5.21 Å². The highest BCUT2D eigenvalue weighted by Gasteiger charge is 2.27. The lowest BCUT2D eigenvalue weighted by Crippen LogP contribution is -2.25. The number of rotatable bonds is 2. The van der Waals surface area contributed by atoms with Gasteiger partial charge in [-0.15, -0.1) is 0 Å². The van der Waals surface area contributed by atoms with Crippen LogP contribution in [0.4, 0.5) is 11.5 Å². The summed E-state index contributed by atoms with van der Waals surface area (Å²) >= 11 is 0. The highest BCUT2D eigenvalue weighted by atomic mass is 16.6. The summed E-state index contributed by atoms with van der Waals surface area (Å²) in [6.07, 6.45) is 1.01. The fourth-order valence-corrected chi connectivity index (χ4v) is 0.751. The SMILES string of the molecule is [N-]=[N+]=Nc1c([N+](=O)[O-])ccc[n+]1[O-]. The zero-order valence-electron chi connectivity index (χ0n) is 6.19. The highest BCUT2D eigenvalue weighted by molar-refractivity contribution is 5.46. The normalized spacial score (nSPS) is 8.92. The minimum absolute atomic E-state index is 0.137. The molecule has 0 aliphatic heterocycles. The van der Waals surface area contributed by atoms with E-state index in [1.54, 1.807) is 0 Å². The summed E-state index contributed by atoms with van der Waals surface area (Å²) in [5, 5.41) is 24.1. The lowest BCUT2D eigenvalue weighted by Gasteiger charge is -1.98. The molecule has 13 heavy (non-hydrogen) atoms. The van der Waals surface area contributed by atoms with Gasteiger partial charge >= 0.3 is 16.6 Å². The quantitative estimate of drug-likeness (QED) is 0.129. The minimum atomic E-state index is -0.793. The molecule has 8 heteroatoms. The molecule has 0 saturated carbocycles. The van der Waals surface area contributed by atoms with Crippen LogP contribution in [0.25, 0.3) is 10.4 Å². The molecule has 1 aromatic rings. The molecule has 66 valence electrons. The van der Waals surface area contributed by atoms with E-state index in [0.29, 0.717) is 0 Å². The Morgan fingerprint density at radius 1 is 1.69 bits per heavy atom. The third-order valence-corrected chi connectivity index (χ3v) is 1.25. The number of hydrogen-bond donors (Lipinski definition) is 0. The molecular formula is C5H3N5O3. The molecular weight excluding hydrogens is 178 g/mol. The molecule has 0 unspecified atom stereocenters.